The highest BCUT2D eigenvalue weighted by Crippen LogP contribution is 2.37. The Morgan fingerprint density at radius 3 is 2.92 bits per heavy atom. The van der Waals surface area contributed by atoms with E-state index in [0.29, 0.717) is 36.9 Å². The second kappa shape index (κ2) is 6.45. The molecule has 0 bridgehead atoms. The zero-order valence-electron chi connectivity index (χ0n) is 13.6. The van der Waals surface area contributed by atoms with Crippen LogP contribution < -0.4 is 15.4 Å². The first-order valence-corrected chi connectivity index (χ1v) is 8.68. The van der Waals surface area contributed by atoms with Gasteiger partial charge in [0, 0.05) is 18.4 Å². The van der Waals surface area contributed by atoms with Crippen LogP contribution in [0.3, 0.4) is 0 Å². The van der Waals surface area contributed by atoms with Crippen LogP contribution in [0.15, 0.2) is 24.3 Å². The molecular formula is C18H23N3O3. The molecule has 1 aromatic heterocycles. The van der Waals surface area contributed by atoms with E-state index in [1.807, 2.05) is 24.3 Å². The summed E-state index contributed by atoms with van der Waals surface area (Å²) >= 11 is 0. The van der Waals surface area contributed by atoms with Gasteiger partial charge in [-0.2, -0.15) is 0 Å². The van der Waals surface area contributed by atoms with Crippen LogP contribution in [0.4, 0.5) is 0 Å². The summed E-state index contributed by atoms with van der Waals surface area (Å²) in [6, 6.07) is 7.65. The minimum absolute atomic E-state index is 0.118. The first kappa shape index (κ1) is 15.5. The highest BCUT2D eigenvalue weighted by atomic mass is 16.5. The van der Waals surface area contributed by atoms with Crippen LogP contribution in [0.2, 0.25) is 0 Å². The quantitative estimate of drug-likeness (QED) is 0.800. The first-order valence-electron chi connectivity index (χ1n) is 8.68. The number of piperidine rings is 1. The van der Waals surface area contributed by atoms with E-state index in [-0.39, 0.29) is 5.91 Å². The standard InChI is InChI=1S/C18H23N3O3/c22-15-7-10-24-18-16(13-3-1-2-4-14(13)21(15)18)17(23)20-11-12-5-8-19-9-6-12/h1-4,12,15,19,22H,5-11H2,(H,20,23). The average molecular weight is 329 g/mol. The number of nitrogens with one attached hydrogen (secondary N) is 2. The summed E-state index contributed by atoms with van der Waals surface area (Å²) in [6.45, 7) is 3.13. The van der Waals surface area contributed by atoms with E-state index in [0.717, 1.165) is 36.8 Å². The number of hydrogen-bond acceptors (Lipinski definition) is 4. The Balaban J connectivity index is 1.64. The van der Waals surface area contributed by atoms with Crippen molar-refractivity contribution in [3.63, 3.8) is 0 Å². The molecule has 2 aliphatic heterocycles. The van der Waals surface area contributed by atoms with Crippen LogP contribution in [0.25, 0.3) is 10.9 Å². The number of benzene rings is 1. The van der Waals surface area contributed by atoms with Crippen molar-refractivity contribution in [1.82, 2.24) is 15.2 Å². The predicted octanol–water partition coefficient (Wildman–Crippen LogP) is 1.64. The normalized spacial score (nSPS) is 21.3. The maximum atomic E-state index is 12.8. The fraction of sp³-hybridized carbons (Fsp3) is 0.500. The van der Waals surface area contributed by atoms with Crippen molar-refractivity contribution < 1.29 is 14.6 Å². The van der Waals surface area contributed by atoms with Crippen molar-refractivity contribution in [3.8, 4) is 5.88 Å². The Morgan fingerprint density at radius 1 is 1.29 bits per heavy atom. The summed E-state index contributed by atoms with van der Waals surface area (Å²) in [5, 5.41) is 17.6. The Labute approximate surface area is 140 Å². The fourth-order valence-corrected chi connectivity index (χ4v) is 3.70. The lowest BCUT2D eigenvalue weighted by Crippen LogP contribution is -2.36. The van der Waals surface area contributed by atoms with Crippen LogP contribution in [0.5, 0.6) is 5.88 Å². The largest absolute Gasteiger partial charge is 0.478 e. The Bertz CT molecular complexity index is 749. The number of aromatic nitrogens is 1. The minimum Gasteiger partial charge on any atom is -0.478 e. The van der Waals surface area contributed by atoms with E-state index >= 15 is 0 Å². The molecule has 6 nitrogen and oxygen atoms in total. The molecule has 3 N–H and O–H groups in total. The molecule has 1 fully saturated rings. The molecule has 6 heteroatoms. The van der Waals surface area contributed by atoms with Crippen LogP contribution in [-0.2, 0) is 0 Å². The molecule has 0 spiro atoms. The number of rotatable bonds is 3. The highest BCUT2D eigenvalue weighted by molar-refractivity contribution is 6.09. The number of hydrogen-bond donors (Lipinski definition) is 3. The van der Waals surface area contributed by atoms with Gasteiger partial charge in [0.25, 0.3) is 5.91 Å². The van der Waals surface area contributed by atoms with Gasteiger partial charge in [-0.1, -0.05) is 18.2 Å². The average Bonchev–Trinajstić information content (AvgIpc) is 2.96. The van der Waals surface area contributed by atoms with Crippen molar-refractivity contribution in [2.24, 2.45) is 5.92 Å². The zero-order chi connectivity index (χ0) is 16.5. The maximum Gasteiger partial charge on any atom is 0.257 e. The summed E-state index contributed by atoms with van der Waals surface area (Å²) in [5.74, 6) is 0.886. The molecular weight excluding hydrogens is 306 g/mol. The summed E-state index contributed by atoms with van der Waals surface area (Å²) in [7, 11) is 0. The van der Waals surface area contributed by atoms with Gasteiger partial charge in [-0.25, -0.2) is 0 Å². The van der Waals surface area contributed by atoms with Gasteiger partial charge >= 0.3 is 0 Å². The van der Waals surface area contributed by atoms with Gasteiger partial charge in [-0.3, -0.25) is 9.36 Å². The number of carbonyl (C=O) groups excluding carboxylic acids is 1. The Hall–Kier alpha value is -2.05. The Morgan fingerprint density at radius 2 is 2.08 bits per heavy atom. The molecule has 0 radical (unpaired) electrons. The van der Waals surface area contributed by atoms with Crippen molar-refractivity contribution in [1.29, 1.82) is 0 Å². The van der Waals surface area contributed by atoms with E-state index in [1.165, 1.54) is 0 Å². The van der Waals surface area contributed by atoms with Gasteiger partial charge in [0.05, 0.1) is 12.1 Å². The number of nitrogens with zero attached hydrogens (tertiary/aromatic N) is 1. The van der Waals surface area contributed by atoms with Gasteiger partial charge in [0.15, 0.2) is 0 Å². The van der Waals surface area contributed by atoms with E-state index in [9.17, 15) is 9.90 Å². The van der Waals surface area contributed by atoms with E-state index in [4.69, 9.17) is 4.74 Å². The van der Waals surface area contributed by atoms with Crippen LogP contribution >= 0.6 is 0 Å². The molecule has 1 unspecified atom stereocenters. The molecule has 1 amide bonds. The topological polar surface area (TPSA) is 75.5 Å². The number of carbonyl (C=O) groups is 1. The van der Waals surface area contributed by atoms with Gasteiger partial charge in [-0.15, -0.1) is 0 Å². The van der Waals surface area contributed by atoms with Crippen molar-refractivity contribution >= 4 is 16.8 Å². The lowest BCUT2D eigenvalue weighted by atomic mass is 9.98. The monoisotopic (exact) mass is 329 g/mol. The molecule has 2 aromatic rings. The lowest BCUT2D eigenvalue weighted by molar-refractivity contribution is 0.0434. The SMILES string of the molecule is O=C(NCC1CCNCC1)c1c2n(c3ccccc13)C(O)CCO2. The van der Waals surface area contributed by atoms with E-state index < -0.39 is 6.23 Å². The molecule has 0 aliphatic carbocycles. The third-order valence-corrected chi connectivity index (χ3v) is 5.02. The summed E-state index contributed by atoms with van der Waals surface area (Å²) in [5.41, 5.74) is 1.38. The van der Waals surface area contributed by atoms with Gasteiger partial charge < -0.3 is 20.5 Å². The number of aliphatic hydroxyl groups is 1. The molecule has 1 aromatic carbocycles. The van der Waals surface area contributed by atoms with Crippen molar-refractivity contribution in [2.45, 2.75) is 25.5 Å². The van der Waals surface area contributed by atoms with Crippen molar-refractivity contribution in [2.75, 3.05) is 26.2 Å². The van der Waals surface area contributed by atoms with Gasteiger partial charge in [0.2, 0.25) is 5.88 Å². The van der Waals surface area contributed by atoms with Gasteiger partial charge in [-0.05, 0) is 37.9 Å². The van der Waals surface area contributed by atoms with Crippen LogP contribution in [0.1, 0.15) is 35.8 Å². The number of amides is 1. The first-order chi connectivity index (χ1) is 11.8. The molecule has 128 valence electrons. The number of ether oxygens (including phenoxy) is 1. The number of aliphatic hydroxyl groups excluding tert-OH is 1. The molecule has 24 heavy (non-hydrogen) atoms. The number of para-hydroxylation sites is 1. The molecule has 1 saturated heterocycles. The summed E-state index contributed by atoms with van der Waals surface area (Å²) in [6.07, 6.45) is 2.06. The van der Waals surface area contributed by atoms with E-state index in [2.05, 4.69) is 10.6 Å². The second-order valence-electron chi connectivity index (χ2n) is 6.59. The molecule has 4 rings (SSSR count). The van der Waals surface area contributed by atoms with Crippen LogP contribution in [-0.4, -0.2) is 41.8 Å². The van der Waals surface area contributed by atoms with Crippen molar-refractivity contribution in [3.05, 3.63) is 29.8 Å². The zero-order valence-corrected chi connectivity index (χ0v) is 13.6. The predicted molar refractivity (Wildman–Crippen MR) is 91.2 cm³/mol. The molecule has 2 aliphatic rings. The fourth-order valence-electron chi connectivity index (χ4n) is 3.70. The lowest BCUT2D eigenvalue weighted by Gasteiger charge is -2.24. The van der Waals surface area contributed by atoms with E-state index in [1.54, 1.807) is 4.57 Å². The smallest absolute Gasteiger partial charge is 0.257 e. The number of fused-ring (bicyclic) bond motifs is 3. The maximum absolute atomic E-state index is 12.8. The second-order valence-corrected chi connectivity index (χ2v) is 6.59. The summed E-state index contributed by atoms with van der Waals surface area (Å²) in [4.78, 5) is 12.8. The third kappa shape index (κ3) is 2.65. The summed E-state index contributed by atoms with van der Waals surface area (Å²) < 4.78 is 7.49. The third-order valence-electron chi connectivity index (χ3n) is 5.02. The molecule has 0 saturated carbocycles. The Kier molecular flexibility index (Phi) is 4.16. The van der Waals surface area contributed by atoms with Gasteiger partial charge in [0.1, 0.15) is 11.8 Å². The minimum atomic E-state index is -0.649. The molecule has 1 atom stereocenters. The van der Waals surface area contributed by atoms with Crippen LogP contribution in [0, 0.1) is 5.92 Å². The molecule has 3 heterocycles. The highest BCUT2D eigenvalue weighted by Gasteiger charge is 2.30.